The van der Waals surface area contributed by atoms with Crippen LogP contribution in [0.3, 0.4) is 0 Å². The average molecular weight is 805 g/mol. The van der Waals surface area contributed by atoms with Gasteiger partial charge in [-0.2, -0.15) is 0 Å². The summed E-state index contributed by atoms with van der Waals surface area (Å²) in [6.45, 7) is -1.16. The molecule has 0 aliphatic carbocycles. The summed E-state index contributed by atoms with van der Waals surface area (Å²) < 4.78 is 20.8. The number of esters is 3. The highest BCUT2D eigenvalue weighted by Gasteiger charge is 2.20. The van der Waals surface area contributed by atoms with Crippen LogP contribution in [0, 0.1) is 0 Å². The number of nitrogens with zero attached hydrogens (tertiary/aromatic N) is 2. The van der Waals surface area contributed by atoms with E-state index in [-0.39, 0.29) is 69.4 Å². The summed E-state index contributed by atoms with van der Waals surface area (Å²) in [6, 6.07) is 30.2. The van der Waals surface area contributed by atoms with Crippen molar-refractivity contribution in [1.82, 2.24) is 9.97 Å². The molecule has 15 heteroatoms. The van der Waals surface area contributed by atoms with Gasteiger partial charge in [0.05, 0.1) is 49.2 Å². The number of aliphatic hydroxyl groups excluding tert-OH is 3. The molecule has 5 N–H and O–H groups in total. The molecule has 0 bridgehead atoms. The van der Waals surface area contributed by atoms with Gasteiger partial charge in [0, 0.05) is 41.5 Å². The first-order valence-corrected chi connectivity index (χ1v) is 17.6. The number of pyridine rings is 2. The van der Waals surface area contributed by atoms with Gasteiger partial charge in [0.2, 0.25) is 0 Å². The maximum Gasteiger partial charge on any atom is 0.345 e. The fourth-order valence-corrected chi connectivity index (χ4v) is 5.04. The monoisotopic (exact) mass is 804 g/mol. The lowest BCUT2D eigenvalue weighted by molar-refractivity contribution is 0.0463. The van der Waals surface area contributed by atoms with E-state index in [0.29, 0.717) is 0 Å². The second kappa shape index (κ2) is 22.9. The van der Waals surface area contributed by atoms with Gasteiger partial charge in [-0.25, -0.2) is 19.2 Å². The highest BCUT2D eigenvalue weighted by atomic mass is 16.5. The van der Waals surface area contributed by atoms with Gasteiger partial charge in [0.1, 0.15) is 19.0 Å². The maximum atomic E-state index is 12.4. The molecule has 6 aromatic rings. The summed E-state index contributed by atoms with van der Waals surface area (Å²) in [7, 11) is 1.37. The van der Waals surface area contributed by atoms with Gasteiger partial charge >= 0.3 is 23.9 Å². The van der Waals surface area contributed by atoms with E-state index in [1.165, 1.54) is 68.3 Å². The van der Waals surface area contributed by atoms with E-state index in [1.807, 2.05) is 60.7 Å². The molecule has 2 aromatic heterocycles. The number of rotatable bonds is 13. The Balaban J connectivity index is 0.000000222. The molecule has 0 spiro atoms. The summed E-state index contributed by atoms with van der Waals surface area (Å²) >= 11 is 0. The Bertz CT molecular complexity index is 2240. The Morgan fingerprint density at radius 3 is 1.42 bits per heavy atom. The molecule has 4 aromatic carbocycles. The Labute approximate surface area is 338 Å². The van der Waals surface area contributed by atoms with Gasteiger partial charge in [-0.1, -0.05) is 60.7 Å². The molecule has 0 aliphatic heterocycles. The number of aromatic nitrogens is 2. The minimum atomic E-state index is -0.942. The van der Waals surface area contributed by atoms with E-state index >= 15 is 0 Å². The molecule has 0 saturated heterocycles. The van der Waals surface area contributed by atoms with Crippen LogP contribution in [0.2, 0.25) is 0 Å². The number of benzene rings is 4. The number of carbonyl (C=O) groups excluding carboxylic acids is 3. The van der Waals surface area contributed by atoms with E-state index in [4.69, 9.17) is 24.1 Å². The number of aliphatic hydroxyl groups is 3. The number of hydrogen-bond donors (Lipinski definition) is 5. The molecule has 0 fully saturated rings. The largest absolute Gasteiger partial charge is 0.504 e. The van der Waals surface area contributed by atoms with E-state index < -0.39 is 43.7 Å². The second-order valence-corrected chi connectivity index (χ2v) is 12.1. The molecule has 0 unspecified atom stereocenters. The number of carboxylic acid groups (broad SMARTS) is 1. The maximum absolute atomic E-state index is 12.4. The predicted octanol–water partition coefficient (Wildman–Crippen LogP) is 5.67. The zero-order valence-electron chi connectivity index (χ0n) is 31.6. The number of aromatic hydroxyl groups is 1. The van der Waals surface area contributed by atoms with Gasteiger partial charge in [0.15, 0.2) is 11.5 Å². The van der Waals surface area contributed by atoms with Crippen molar-refractivity contribution in [3.05, 3.63) is 184 Å². The fraction of sp³-hybridized carbons (Fsp3) is 0.136. The lowest BCUT2D eigenvalue weighted by atomic mass is 10.0. The van der Waals surface area contributed by atoms with Crippen LogP contribution in [-0.4, -0.2) is 66.5 Å². The third kappa shape index (κ3) is 13.3. The quantitative estimate of drug-likeness (QED) is 0.0699. The lowest BCUT2D eigenvalue weighted by Crippen LogP contribution is -2.14. The van der Waals surface area contributed by atoms with Crippen LogP contribution in [0.15, 0.2) is 134 Å². The molecule has 304 valence electrons. The van der Waals surface area contributed by atoms with Crippen molar-refractivity contribution in [2.75, 3.05) is 7.11 Å². The number of hydrogen-bond acceptors (Lipinski definition) is 14. The molecule has 2 heterocycles. The van der Waals surface area contributed by atoms with Gasteiger partial charge < -0.3 is 44.5 Å². The van der Waals surface area contributed by atoms with E-state index in [0.717, 1.165) is 11.1 Å². The standard InChI is InChI=1S/C22H19NO6.C16H16O5.C6H5NO2/c24-12-18-9-17(21(26)28-14-15-5-2-1-3-6-15)10-19(13-25)20(18)29-22(27)16-7-4-8-23-11-16;1-20-14-8-12(7-13(9-17)15(14)18)16(19)21-10-11-5-3-2-4-6-11;8-6(9)5-2-1-3-7-4-5/h1-11,24-25H,12-14H2;2-8,17-18H,9-10H2,1H3;1-4H,(H,8,9). The number of ether oxygens (including phenoxy) is 4. The zero-order valence-corrected chi connectivity index (χ0v) is 31.6. The lowest BCUT2D eigenvalue weighted by Gasteiger charge is -2.15. The first-order valence-electron chi connectivity index (χ1n) is 17.6. The smallest absolute Gasteiger partial charge is 0.345 e. The van der Waals surface area contributed by atoms with Crippen molar-refractivity contribution in [2.45, 2.75) is 33.0 Å². The zero-order chi connectivity index (χ0) is 42.6. The Kier molecular flexibility index (Phi) is 17.2. The Morgan fingerprint density at radius 1 is 0.559 bits per heavy atom. The van der Waals surface area contributed by atoms with Crippen LogP contribution < -0.4 is 9.47 Å². The molecule has 59 heavy (non-hydrogen) atoms. The molecule has 0 saturated carbocycles. The summed E-state index contributed by atoms with van der Waals surface area (Å²) in [5.74, 6) is -2.86. The fourth-order valence-electron chi connectivity index (χ4n) is 5.04. The van der Waals surface area contributed by atoms with Gasteiger partial charge in [-0.05, 0) is 59.7 Å². The molecule has 6 rings (SSSR count). The van der Waals surface area contributed by atoms with Crippen molar-refractivity contribution in [2.24, 2.45) is 0 Å². The number of carboxylic acids is 1. The molecular formula is C44H40N2O13. The van der Waals surface area contributed by atoms with Crippen molar-refractivity contribution < 1.29 is 63.7 Å². The van der Waals surface area contributed by atoms with Crippen molar-refractivity contribution in [1.29, 1.82) is 0 Å². The van der Waals surface area contributed by atoms with E-state index in [2.05, 4.69) is 9.97 Å². The topological polar surface area (TPSA) is 232 Å². The van der Waals surface area contributed by atoms with Gasteiger partial charge in [-0.3, -0.25) is 9.97 Å². The normalized spacial score (nSPS) is 10.1. The molecule has 0 amide bonds. The van der Waals surface area contributed by atoms with Crippen LogP contribution in [0.25, 0.3) is 0 Å². The second-order valence-electron chi connectivity index (χ2n) is 12.1. The average Bonchev–Trinajstić information content (AvgIpc) is 3.29. The van der Waals surface area contributed by atoms with Crippen LogP contribution in [-0.2, 0) is 42.5 Å². The van der Waals surface area contributed by atoms with Gasteiger partial charge in [0.25, 0.3) is 0 Å². The Morgan fingerprint density at radius 2 is 1.02 bits per heavy atom. The van der Waals surface area contributed by atoms with Crippen molar-refractivity contribution in [3.63, 3.8) is 0 Å². The minimum absolute atomic E-state index is 0.00321. The third-order valence-corrected chi connectivity index (χ3v) is 8.03. The van der Waals surface area contributed by atoms with E-state index in [1.54, 1.807) is 12.1 Å². The third-order valence-electron chi connectivity index (χ3n) is 8.03. The summed E-state index contributed by atoms with van der Waals surface area (Å²) in [6.07, 6.45) is 5.70. The Hall–Kier alpha value is -7.46. The first kappa shape index (κ1) is 44.3. The first-order chi connectivity index (χ1) is 28.6. The molecule has 0 atom stereocenters. The molecule has 15 nitrogen and oxygen atoms in total. The van der Waals surface area contributed by atoms with Crippen LogP contribution in [0.1, 0.15) is 69.2 Å². The summed E-state index contributed by atoms with van der Waals surface area (Å²) in [5, 5.41) is 46.7. The minimum Gasteiger partial charge on any atom is -0.504 e. The van der Waals surface area contributed by atoms with Crippen molar-refractivity contribution >= 4 is 23.9 Å². The summed E-state index contributed by atoms with van der Waals surface area (Å²) in [4.78, 5) is 54.4. The number of methoxy groups -OCH3 is 1. The van der Waals surface area contributed by atoms with Crippen LogP contribution >= 0.6 is 0 Å². The predicted molar refractivity (Wildman–Crippen MR) is 210 cm³/mol. The highest BCUT2D eigenvalue weighted by Crippen LogP contribution is 2.32. The SMILES string of the molecule is COc1cc(C(=O)OCc2ccccc2)cc(CO)c1O.O=C(O)c1cccnc1.O=C(OCc1ccccc1)c1cc(CO)c(OC(=O)c2cccnc2)c(CO)c1. The van der Waals surface area contributed by atoms with Crippen molar-refractivity contribution in [3.8, 4) is 17.2 Å². The summed E-state index contributed by atoms with van der Waals surface area (Å²) in [5.41, 5.74) is 3.05. The van der Waals surface area contributed by atoms with E-state index in [9.17, 15) is 39.6 Å². The van der Waals surface area contributed by atoms with Crippen LogP contribution in [0.4, 0.5) is 0 Å². The highest BCUT2D eigenvalue weighted by molar-refractivity contribution is 5.93. The number of carbonyl (C=O) groups is 4. The van der Waals surface area contributed by atoms with Crippen LogP contribution in [0.5, 0.6) is 17.2 Å². The number of phenols is 1. The molecular weight excluding hydrogens is 764 g/mol. The molecule has 0 aliphatic rings. The number of aromatic carboxylic acids is 1. The van der Waals surface area contributed by atoms with Gasteiger partial charge in [-0.15, -0.1) is 0 Å². The molecule has 0 radical (unpaired) electrons.